The quantitative estimate of drug-likeness (QED) is 0.296. The van der Waals surface area contributed by atoms with Crippen molar-refractivity contribution in [2.75, 3.05) is 27.2 Å². The molecule has 1 saturated carbocycles. The smallest absolute Gasteiger partial charge is 0.303 e. The third kappa shape index (κ3) is 4.61. The minimum atomic E-state index is -0.795. The highest BCUT2D eigenvalue weighted by Crippen LogP contribution is 2.67. The molecule has 45 heavy (non-hydrogen) atoms. The van der Waals surface area contributed by atoms with Crippen molar-refractivity contribution in [1.82, 2.24) is 9.80 Å². The Morgan fingerprint density at radius 2 is 1.91 bits per heavy atom. The van der Waals surface area contributed by atoms with Crippen molar-refractivity contribution in [2.45, 2.75) is 75.2 Å². The minimum Gasteiger partial charge on any atom is -0.493 e. The fraction of sp³-hybridized carbons (Fsp3) is 0.421. The van der Waals surface area contributed by atoms with E-state index < -0.39 is 17.1 Å². The molecule has 1 spiro atoms. The lowest BCUT2D eigenvalue weighted by atomic mass is 9.48. The van der Waals surface area contributed by atoms with E-state index in [1.54, 1.807) is 12.0 Å². The second-order valence-electron chi connectivity index (χ2n) is 13.0. The van der Waals surface area contributed by atoms with Crippen LogP contribution in [-0.4, -0.2) is 72.7 Å². The van der Waals surface area contributed by atoms with Gasteiger partial charge in [0.25, 0.3) is 5.91 Å². The number of methoxy groups -OCH3 is 1. The Hall–Kier alpha value is -4.28. The Morgan fingerprint density at radius 1 is 1.09 bits per heavy atom. The number of benzene rings is 3. The second-order valence-corrected chi connectivity index (χ2v) is 13.0. The summed E-state index contributed by atoms with van der Waals surface area (Å²) in [6.07, 6.45) is 3.26. The average Bonchev–Trinajstić information content (AvgIpc) is 3.38. The predicted octanol–water partition coefficient (Wildman–Crippen LogP) is 4.85. The standard InChI is InChI=1S/C38H40N2O5/c1-25-9-8-12-28(23-25)13-16-33(42)39(3)30-17-19-38(45-26(2)41)32-24-29-14-15-31(43-4)35-34(29)37(38,36(30)44-35)20-22-40(32)21-18-27-10-6-5-7-11-27/h5-12,14-15,23,30,32,36H,17-22,24H2,1-4H3/t30-,32-,36+,37+,38-/m1/s1. The van der Waals surface area contributed by atoms with Crippen LogP contribution in [0.4, 0.5) is 0 Å². The monoisotopic (exact) mass is 604 g/mol. The Morgan fingerprint density at radius 3 is 2.67 bits per heavy atom. The SMILES string of the molecule is COc1ccc2c3c1O[C@H]1[C@H](N(C)C(=O)C#Cc4cccc(C)c4)CC[C@@]4(OC(C)=O)[C@@H](C2)N(CCc2ccccc2)CC[C@]314. The summed E-state index contributed by atoms with van der Waals surface area (Å²) < 4.78 is 19.4. The predicted molar refractivity (Wildman–Crippen MR) is 171 cm³/mol. The maximum absolute atomic E-state index is 13.6. The number of piperidine rings is 1. The summed E-state index contributed by atoms with van der Waals surface area (Å²) in [5, 5.41) is 0. The molecule has 2 fully saturated rings. The highest BCUT2D eigenvalue weighted by Gasteiger charge is 2.75. The van der Waals surface area contributed by atoms with Crippen LogP contribution in [0, 0.1) is 18.8 Å². The van der Waals surface area contributed by atoms with Crippen LogP contribution in [0.5, 0.6) is 11.5 Å². The first kappa shape index (κ1) is 29.4. The Kier molecular flexibility index (Phi) is 7.37. The van der Waals surface area contributed by atoms with Crippen molar-refractivity contribution in [3.63, 3.8) is 0 Å². The van der Waals surface area contributed by atoms with E-state index in [1.807, 2.05) is 50.4 Å². The van der Waals surface area contributed by atoms with Gasteiger partial charge in [-0.05, 0) is 80.5 Å². The van der Waals surface area contributed by atoms with Gasteiger partial charge in [0.05, 0.1) is 24.6 Å². The number of carbonyl (C=O) groups is 2. The van der Waals surface area contributed by atoms with E-state index in [2.05, 4.69) is 47.1 Å². The van der Waals surface area contributed by atoms with Crippen molar-refractivity contribution in [3.05, 3.63) is 94.5 Å². The number of likely N-dealkylation sites (tertiary alicyclic amines) is 1. The van der Waals surface area contributed by atoms with Crippen LogP contribution >= 0.6 is 0 Å². The van der Waals surface area contributed by atoms with E-state index >= 15 is 0 Å². The third-order valence-electron chi connectivity index (χ3n) is 10.7. The number of hydrogen-bond acceptors (Lipinski definition) is 6. The number of rotatable bonds is 6. The number of ether oxygens (including phenoxy) is 3. The molecule has 7 rings (SSSR count). The summed E-state index contributed by atoms with van der Waals surface area (Å²) in [4.78, 5) is 30.9. The van der Waals surface area contributed by atoms with E-state index in [4.69, 9.17) is 14.2 Å². The summed E-state index contributed by atoms with van der Waals surface area (Å²) in [7, 11) is 3.49. The van der Waals surface area contributed by atoms with Crippen LogP contribution < -0.4 is 9.47 Å². The molecule has 7 nitrogen and oxygen atoms in total. The Bertz CT molecular complexity index is 1710. The van der Waals surface area contributed by atoms with Crippen LogP contribution in [0.2, 0.25) is 0 Å². The lowest BCUT2D eigenvalue weighted by Crippen LogP contribution is -2.79. The number of esters is 1. The molecule has 2 bridgehead atoms. The van der Waals surface area contributed by atoms with Gasteiger partial charge in [-0.25, -0.2) is 0 Å². The summed E-state index contributed by atoms with van der Waals surface area (Å²) in [6.45, 7) is 5.24. The molecule has 3 aromatic carbocycles. The van der Waals surface area contributed by atoms with Crippen molar-refractivity contribution in [1.29, 1.82) is 0 Å². The van der Waals surface area contributed by atoms with E-state index in [-0.39, 0.29) is 24.0 Å². The van der Waals surface area contributed by atoms with Gasteiger partial charge in [-0.2, -0.15) is 0 Å². The zero-order chi connectivity index (χ0) is 31.3. The number of likely N-dealkylation sites (N-methyl/N-ethyl adjacent to an activating group) is 1. The van der Waals surface area contributed by atoms with Gasteiger partial charge in [0.2, 0.25) is 0 Å². The molecule has 1 saturated heterocycles. The molecule has 3 aromatic rings. The van der Waals surface area contributed by atoms with Crippen molar-refractivity contribution in [2.24, 2.45) is 0 Å². The van der Waals surface area contributed by atoms with Crippen LogP contribution in [-0.2, 0) is 32.6 Å². The van der Waals surface area contributed by atoms with Gasteiger partial charge in [0, 0.05) is 37.6 Å². The molecule has 5 atom stereocenters. The maximum atomic E-state index is 13.6. The highest BCUT2D eigenvalue weighted by molar-refractivity contribution is 5.94. The molecule has 0 aromatic heterocycles. The van der Waals surface area contributed by atoms with E-state index in [9.17, 15) is 9.59 Å². The number of hydrogen-bond donors (Lipinski definition) is 0. The largest absolute Gasteiger partial charge is 0.493 e. The van der Waals surface area contributed by atoms with Gasteiger partial charge in [0.15, 0.2) is 11.5 Å². The van der Waals surface area contributed by atoms with Crippen molar-refractivity contribution < 1.29 is 23.8 Å². The van der Waals surface area contributed by atoms with Crippen LogP contribution in [0.15, 0.2) is 66.7 Å². The molecule has 7 heteroatoms. The Balaban J connectivity index is 1.29. The lowest BCUT2D eigenvalue weighted by molar-refractivity contribution is -0.223. The van der Waals surface area contributed by atoms with E-state index in [0.717, 1.165) is 54.8 Å². The molecule has 2 heterocycles. The highest BCUT2D eigenvalue weighted by atomic mass is 16.6. The van der Waals surface area contributed by atoms with E-state index in [1.165, 1.54) is 18.1 Å². The van der Waals surface area contributed by atoms with Crippen LogP contribution in [0.1, 0.15) is 54.0 Å². The summed E-state index contributed by atoms with van der Waals surface area (Å²) in [5.41, 5.74) is 4.09. The van der Waals surface area contributed by atoms with E-state index in [0.29, 0.717) is 18.6 Å². The summed E-state index contributed by atoms with van der Waals surface area (Å²) in [6, 6.07) is 22.3. The van der Waals surface area contributed by atoms with Gasteiger partial charge in [-0.1, -0.05) is 54.5 Å². The number of amides is 1. The molecule has 0 N–H and O–H groups in total. The van der Waals surface area contributed by atoms with Crippen molar-refractivity contribution in [3.8, 4) is 23.3 Å². The van der Waals surface area contributed by atoms with Gasteiger partial charge < -0.3 is 19.1 Å². The fourth-order valence-corrected chi connectivity index (χ4v) is 8.86. The second kappa shape index (κ2) is 11.3. The first-order chi connectivity index (χ1) is 21.8. The van der Waals surface area contributed by atoms with Gasteiger partial charge >= 0.3 is 5.97 Å². The number of aryl methyl sites for hydroxylation is 1. The third-order valence-corrected chi connectivity index (χ3v) is 10.7. The van der Waals surface area contributed by atoms with Gasteiger partial charge in [-0.3, -0.25) is 14.5 Å². The zero-order valence-corrected chi connectivity index (χ0v) is 26.5. The molecule has 2 aliphatic carbocycles. The number of nitrogens with zero attached hydrogens (tertiary/aromatic N) is 2. The van der Waals surface area contributed by atoms with Gasteiger partial charge in [-0.15, -0.1) is 0 Å². The maximum Gasteiger partial charge on any atom is 0.303 e. The Labute approximate surface area is 265 Å². The molecule has 2 aliphatic heterocycles. The number of carbonyl (C=O) groups excluding carboxylic acids is 2. The lowest BCUT2D eigenvalue weighted by Gasteiger charge is -2.65. The molecule has 0 unspecified atom stereocenters. The molecule has 4 aliphatic rings. The molecule has 232 valence electrons. The average molecular weight is 605 g/mol. The van der Waals surface area contributed by atoms with Gasteiger partial charge in [0.1, 0.15) is 11.7 Å². The first-order valence-electron chi connectivity index (χ1n) is 16.0. The topological polar surface area (TPSA) is 68.3 Å². The van der Waals surface area contributed by atoms with Crippen LogP contribution in [0.3, 0.4) is 0 Å². The molecular weight excluding hydrogens is 564 g/mol. The summed E-state index contributed by atoms with van der Waals surface area (Å²) >= 11 is 0. The first-order valence-corrected chi connectivity index (χ1v) is 16.0. The normalized spacial score (nSPS) is 27.3. The van der Waals surface area contributed by atoms with Crippen molar-refractivity contribution >= 4 is 11.9 Å². The fourth-order valence-electron chi connectivity index (χ4n) is 8.86. The molecule has 1 amide bonds. The summed E-state index contributed by atoms with van der Waals surface area (Å²) in [5.74, 6) is 6.81. The zero-order valence-electron chi connectivity index (χ0n) is 26.5. The van der Waals surface area contributed by atoms with Crippen LogP contribution in [0.25, 0.3) is 0 Å². The molecule has 0 radical (unpaired) electrons. The molecular formula is C38H40N2O5. The minimum absolute atomic E-state index is 0.0140.